The lowest BCUT2D eigenvalue weighted by Gasteiger charge is -2.29. The Morgan fingerprint density at radius 1 is 1.29 bits per heavy atom. The maximum Gasteiger partial charge on any atom is 0.245 e. The molecule has 0 bridgehead atoms. The van der Waals surface area contributed by atoms with Crippen molar-refractivity contribution < 1.29 is 4.74 Å². The average Bonchev–Trinajstić information content (AvgIpc) is 2.93. The largest absolute Gasteiger partial charge is 0.479 e. The van der Waals surface area contributed by atoms with Crippen LogP contribution in [-0.4, -0.2) is 26.6 Å². The number of alkyl halides is 1. The van der Waals surface area contributed by atoms with Crippen LogP contribution in [-0.2, 0) is 5.88 Å². The van der Waals surface area contributed by atoms with Gasteiger partial charge in [-0.25, -0.2) is 9.97 Å². The van der Waals surface area contributed by atoms with Crippen LogP contribution in [0.2, 0.25) is 0 Å². The molecule has 1 aliphatic carbocycles. The lowest BCUT2D eigenvalue weighted by molar-refractivity contribution is 0.270. The fraction of sp³-hybridized carbons (Fsp3) is 0.667. The quantitative estimate of drug-likeness (QED) is 0.808. The minimum atomic E-state index is 0.382. The molecule has 2 heterocycles. The Morgan fingerprint density at radius 2 is 2.05 bits per heavy atom. The average molecular weight is 309 g/mol. The predicted octanol–water partition coefficient (Wildman–Crippen LogP) is 3.72. The Morgan fingerprint density at radius 3 is 2.67 bits per heavy atom. The molecule has 0 spiro atoms. The highest BCUT2D eigenvalue weighted by atomic mass is 35.5. The van der Waals surface area contributed by atoms with Gasteiger partial charge in [-0.3, -0.25) is 0 Å². The number of rotatable bonds is 4. The van der Waals surface area contributed by atoms with Crippen LogP contribution in [0.5, 0.6) is 5.88 Å². The van der Waals surface area contributed by atoms with Crippen LogP contribution in [0.1, 0.15) is 50.9 Å². The van der Waals surface area contributed by atoms with Gasteiger partial charge in [-0.1, -0.05) is 13.3 Å². The molecule has 0 N–H and O–H groups in total. The monoisotopic (exact) mass is 308 g/mol. The Hall–Kier alpha value is -1.36. The molecule has 0 aliphatic heterocycles. The summed E-state index contributed by atoms with van der Waals surface area (Å²) in [6.07, 6.45) is 7.68. The second-order valence-electron chi connectivity index (χ2n) is 5.67. The van der Waals surface area contributed by atoms with Crippen LogP contribution < -0.4 is 4.74 Å². The van der Waals surface area contributed by atoms with Crippen molar-refractivity contribution >= 4 is 22.8 Å². The molecule has 0 atom stereocenters. The smallest absolute Gasteiger partial charge is 0.245 e. The highest BCUT2D eigenvalue weighted by Crippen LogP contribution is 2.37. The molecular weight excluding hydrogens is 288 g/mol. The van der Waals surface area contributed by atoms with Crippen LogP contribution >= 0.6 is 11.6 Å². The highest BCUT2D eigenvalue weighted by molar-refractivity contribution is 6.16. The zero-order valence-electron chi connectivity index (χ0n) is 12.5. The van der Waals surface area contributed by atoms with E-state index in [9.17, 15) is 0 Å². The molecule has 1 fully saturated rings. The van der Waals surface area contributed by atoms with Gasteiger partial charge in [-0.05, 0) is 31.6 Å². The lowest BCUT2D eigenvalue weighted by atomic mass is 9.84. The van der Waals surface area contributed by atoms with Crippen molar-refractivity contribution in [1.82, 2.24) is 19.5 Å². The number of methoxy groups -OCH3 is 1. The summed E-state index contributed by atoms with van der Waals surface area (Å²) >= 11 is 6.10. The van der Waals surface area contributed by atoms with Gasteiger partial charge in [0.05, 0.1) is 13.0 Å². The Balaban J connectivity index is 2.01. The van der Waals surface area contributed by atoms with Crippen molar-refractivity contribution in [2.75, 3.05) is 7.11 Å². The van der Waals surface area contributed by atoms with E-state index < -0.39 is 0 Å². The standard InChI is InChI=1S/C15H21ClN4O/c1-3-10-4-6-11(7-5-10)20-12(8-16)19-13-14(20)17-9-18-15(13)21-2/h9-11H,3-8H2,1-2H3. The van der Waals surface area contributed by atoms with Gasteiger partial charge in [0.25, 0.3) is 0 Å². The number of ether oxygens (including phenoxy) is 1. The number of imidazole rings is 1. The first-order valence-electron chi connectivity index (χ1n) is 7.60. The van der Waals surface area contributed by atoms with Gasteiger partial charge in [-0.2, -0.15) is 4.98 Å². The van der Waals surface area contributed by atoms with E-state index in [1.165, 1.54) is 38.4 Å². The Bertz CT molecular complexity index is 619. The zero-order chi connectivity index (χ0) is 14.8. The van der Waals surface area contributed by atoms with Crippen molar-refractivity contribution in [1.29, 1.82) is 0 Å². The predicted molar refractivity (Wildman–Crippen MR) is 82.7 cm³/mol. The first kappa shape index (κ1) is 14.6. The maximum atomic E-state index is 6.10. The molecule has 1 aliphatic rings. The van der Waals surface area contributed by atoms with E-state index in [0.717, 1.165) is 17.4 Å². The molecule has 0 amide bonds. The summed E-state index contributed by atoms with van der Waals surface area (Å²) < 4.78 is 7.50. The van der Waals surface area contributed by atoms with Gasteiger partial charge in [0.15, 0.2) is 11.2 Å². The maximum absolute atomic E-state index is 6.10. The first-order valence-corrected chi connectivity index (χ1v) is 8.13. The Labute approximate surface area is 129 Å². The van der Waals surface area contributed by atoms with Crippen LogP contribution in [0.15, 0.2) is 6.33 Å². The summed E-state index contributed by atoms with van der Waals surface area (Å²) in [5.74, 6) is 2.63. The lowest BCUT2D eigenvalue weighted by Crippen LogP contribution is -2.19. The summed E-state index contributed by atoms with van der Waals surface area (Å²) in [4.78, 5) is 13.2. The van der Waals surface area contributed by atoms with E-state index in [2.05, 4.69) is 26.4 Å². The van der Waals surface area contributed by atoms with E-state index in [-0.39, 0.29) is 0 Å². The third kappa shape index (κ3) is 2.59. The third-order valence-electron chi connectivity index (χ3n) is 4.59. The van der Waals surface area contributed by atoms with Crippen molar-refractivity contribution in [3.8, 4) is 5.88 Å². The topological polar surface area (TPSA) is 52.8 Å². The molecule has 3 rings (SSSR count). The highest BCUT2D eigenvalue weighted by Gasteiger charge is 2.26. The molecule has 0 unspecified atom stereocenters. The number of fused-ring (bicyclic) bond motifs is 1. The molecule has 21 heavy (non-hydrogen) atoms. The number of hydrogen-bond donors (Lipinski definition) is 0. The van der Waals surface area contributed by atoms with Gasteiger partial charge in [0.1, 0.15) is 12.2 Å². The second-order valence-corrected chi connectivity index (χ2v) is 5.94. The zero-order valence-corrected chi connectivity index (χ0v) is 13.3. The summed E-state index contributed by atoms with van der Waals surface area (Å²) in [6, 6.07) is 0.436. The van der Waals surface area contributed by atoms with E-state index in [1.807, 2.05) is 0 Å². The molecule has 2 aromatic rings. The van der Waals surface area contributed by atoms with Gasteiger partial charge >= 0.3 is 0 Å². The minimum Gasteiger partial charge on any atom is -0.479 e. The van der Waals surface area contributed by atoms with Crippen molar-refractivity contribution in [2.24, 2.45) is 5.92 Å². The fourth-order valence-corrected chi connectivity index (χ4v) is 3.56. The number of nitrogens with zero attached hydrogens (tertiary/aromatic N) is 4. The Kier molecular flexibility index (Phi) is 4.29. The number of aromatic nitrogens is 4. The summed E-state index contributed by atoms with van der Waals surface area (Å²) in [5.41, 5.74) is 1.56. The number of halogens is 1. The molecule has 5 nitrogen and oxygen atoms in total. The van der Waals surface area contributed by atoms with E-state index in [1.54, 1.807) is 7.11 Å². The molecular formula is C15H21ClN4O. The molecule has 0 radical (unpaired) electrons. The minimum absolute atomic E-state index is 0.382. The van der Waals surface area contributed by atoms with E-state index in [4.69, 9.17) is 16.3 Å². The van der Waals surface area contributed by atoms with E-state index in [0.29, 0.717) is 23.3 Å². The van der Waals surface area contributed by atoms with Crippen LogP contribution in [0, 0.1) is 5.92 Å². The third-order valence-corrected chi connectivity index (χ3v) is 4.83. The second kappa shape index (κ2) is 6.18. The molecule has 2 aromatic heterocycles. The van der Waals surface area contributed by atoms with Crippen LogP contribution in [0.25, 0.3) is 11.2 Å². The van der Waals surface area contributed by atoms with E-state index >= 15 is 0 Å². The molecule has 1 saturated carbocycles. The van der Waals surface area contributed by atoms with Gasteiger partial charge in [-0.15, -0.1) is 11.6 Å². The summed E-state index contributed by atoms with van der Waals surface area (Å²) in [7, 11) is 1.60. The summed E-state index contributed by atoms with van der Waals surface area (Å²) in [5, 5.41) is 0. The molecule has 0 aromatic carbocycles. The SMILES string of the molecule is CCC1CCC(n2c(CCl)nc3c(OC)ncnc32)CC1. The number of hydrogen-bond acceptors (Lipinski definition) is 4. The van der Waals surface area contributed by atoms with Crippen LogP contribution in [0.4, 0.5) is 0 Å². The molecule has 6 heteroatoms. The normalized spacial score (nSPS) is 22.6. The van der Waals surface area contributed by atoms with Crippen molar-refractivity contribution in [3.05, 3.63) is 12.2 Å². The van der Waals surface area contributed by atoms with Crippen LogP contribution in [0.3, 0.4) is 0 Å². The molecule has 0 saturated heterocycles. The van der Waals surface area contributed by atoms with Crippen molar-refractivity contribution in [3.63, 3.8) is 0 Å². The first-order chi connectivity index (χ1) is 10.3. The molecule has 114 valence electrons. The fourth-order valence-electron chi connectivity index (χ4n) is 3.37. The summed E-state index contributed by atoms with van der Waals surface area (Å²) in [6.45, 7) is 2.28. The van der Waals surface area contributed by atoms with Gasteiger partial charge in [0, 0.05) is 6.04 Å². The van der Waals surface area contributed by atoms with Gasteiger partial charge < -0.3 is 9.30 Å². The van der Waals surface area contributed by atoms with Gasteiger partial charge in [0.2, 0.25) is 5.88 Å². The van der Waals surface area contributed by atoms with Crippen molar-refractivity contribution in [2.45, 2.75) is 50.9 Å².